The Hall–Kier alpha value is -4.31. The molecule has 2 aromatic heterocycles. The number of fused-ring (bicyclic) bond motifs is 2. The molecule has 46 heavy (non-hydrogen) atoms. The number of halogens is 2. The summed E-state index contributed by atoms with van der Waals surface area (Å²) in [4.78, 5) is 32.8. The first kappa shape index (κ1) is 31.7. The maximum absolute atomic E-state index is 14.3. The third kappa shape index (κ3) is 5.86. The van der Waals surface area contributed by atoms with Crippen LogP contribution < -0.4 is 24.4 Å². The normalized spacial score (nSPS) is 14.7. The molecule has 5 aromatic rings. The van der Waals surface area contributed by atoms with Crippen molar-refractivity contribution in [2.45, 2.75) is 33.4 Å². The van der Waals surface area contributed by atoms with Gasteiger partial charge in [0.2, 0.25) is 0 Å². The van der Waals surface area contributed by atoms with Crippen LogP contribution in [0.25, 0.3) is 17.0 Å². The molecule has 3 aromatic carbocycles. The van der Waals surface area contributed by atoms with Gasteiger partial charge in [-0.15, -0.1) is 0 Å². The van der Waals surface area contributed by atoms with Gasteiger partial charge in [-0.3, -0.25) is 9.36 Å². The number of carbonyl (C=O) groups excluding carboxylic acids is 1. The van der Waals surface area contributed by atoms with Crippen molar-refractivity contribution in [1.82, 2.24) is 9.13 Å². The summed E-state index contributed by atoms with van der Waals surface area (Å²) in [5.74, 6) is 0.535. The maximum Gasteiger partial charge on any atom is 0.338 e. The lowest BCUT2D eigenvalue weighted by Gasteiger charge is -2.25. The van der Waals surface area contributed by atoms with Gasteiger partial charge in [0.05, 0.1) is 52.2 Å². The first-order valence-electron chi connectivity index (χ1n) is 14.8. The van der Waals surface area contributed by atoms with Crippen molar-refractivity contribution in [2.24, 2.45) is 4.99 Å². The minimum Gasteiger partial charge on any atom is -0.493 e. The van der Waals surface area contributed by atoms with E-state index in [4.69, 9.17) is 42.4 Å². The summed E-state index contributed by atoms with van der Waals surface area (Å²) in [5.41, 5.74) is 4.07. The molecule has 0 unspecified atom stereocenters. The van der Waals surface area contributed by atoms with Crippen LogP contribution in [0, 0.1) is 0 Å². The number of esters is 1. The number of ether oxygens (including phenoxy) is 3. The molecule has 0 N–H and O–H groups in total. The third-order valence-corrected chi connectivity index (χ3v) is 9.49. The van der Waals surface area contributed by atoms with Crippen molar-refractivity contribution in [2.75, 3.05) is 20.3 Å². The minimum absolute atomic E-state index is 0.186. The highest BCUT2D eigenvalue weighted by Crippen LogP contribution is 2.36. The van der Waals surface area contributed by atoms with Gasteiger partial charge in [-0.1, -0.05) is 64.9 Å². The van der Waals surface area contributed by atoms with Crippen LogP contribution in [0.2, 0.25) is 10.0 Å². The van der Waals surface area contributed by atoms with Crippen molar-refractivity contribution >= 4 is 57.5 Å². The number of aromatic nitrogens is 2. The zero-order valence-corrected chi connectivity index (χ0v) is 28.0. The van der Waals surface area contributed by atoms with E-state index in [9.17, 15) is 9.59 Å². The fourth-order valence-electron chi connectivity index (χ4n) is 5.74. The quantitative estimate of drug-likeness (QED) is 0.166. The van der Waals surface area contributed by atoms with Gasteiger partial charge >= 0.3 is 5.97 Å². The molecule has 1 aliphatic heterocycles. The molecular weight excluding hydrogens is 645 g/mol. The summed E-state index contributed by atoms with van der Waals surface area (Å²) in [6.45, 7) is 6.56. The molecule has 0 saturated heterocycles. The number of hydrogen-bond donors (Lipinski definition) is 0. The first-order chi connectivity index (χ1) is 22.2. The van der Waals surface area contributed by atoms with E-state index in [1.807, 2.05) is 61.7 Å². The van der Waals surface area contributed by atoms with Crippen LogP contribution in [0.3, 0.4) is 0 Å². The molecule has 0 saturated carbocycles. The standard InChI is InChI=1S/C35H31Cl2N3O5S/c1-5-44-29-16-22(12-14-28(29)43-4)32-31(34(42)45-6-2)20(3)38-35-40(32)33(41)30(46-35)17-23-19-39(27-10-8-7-9-24(23)27)18-21-11-13-25(36)26(37)15-21/h7-17,19,32H,5-6,18H2,1-4H3/b30-17+/t32-/m0/s1. The second kappa shape index (κ2) is 13.2. The van der Waals surface area contributed by atoms with E-state index < -0.39 is 12.0 Å². The molecule has 0 radical (unpaired) electrons. The number of allylic oxidation sites excluding steroid dienone is 1. The molecule has 0 aliphatic carbocycles. The predicted molar refractivity (Wildman–Crippen MR) is 182 cm³/mol. The molecular formula is C35H31Cl2N3O5S. The molecule has 0 amide bonds. The number of benzene rings is 3. The second-order valence-electron chi connectivity index (χ2n) is 10.6. The number of hydrogen-bond acceptors (Lipinski definition) is 7. The topological polar surface area (TPSA) is 84.1 Å². The van der Waals surface area contributed by atoms with Crippen LogP contribution >= 0.6 is 34.5 Å². The average molecular weight is 677 g/mol. The van der Waals surface area contributed by atoms with E-state index in [-0.39, 0.29) is 12.2 Å². The summed E-state index contributed by atoms with van der Waals surface area (Å²) in [6.07, 6.45) is 3.91. The molecule has 0 spiro atoms. The minimum atomic E-state index is -0.779. The predicted octanol–water partition coefficient (Wildman–Crippen LogP) is 6.52. The van der Waals surface area contributed by atoms with E-state index in [1.165, 1.54) is 11.3 Å². The molecule has 1 aliphatic rings. The van der Waals surface area contributed by atoms with Crippen molar-refractivity contribution in [1.29, 1.82) is 0 Å². The number of carbonyl (C=O) groups is 1. The Morgan fingerprint density at radius 2 is 1.83 bits per heavy atom. The smallest absolute Gasteiger partial charge is 0.338 e. The number of para-hydroxylation sites is 1. The van der Waals surface area contributed by atoms with Crippen LogP contribution in [-0.2, 0) is 16.1 Å². The van der Waals surface area contributed by atoms with Crippen LogP contribution in [-0.4, -0.2) is 35.4 Å². The van der Waals surface area contributed by atoms with Gasteiger partial charge in [-0.2, -0.15) is 0 Å². The Labute approximate surface area is 279 Å². The van der Waals surface area contributed by atoms with Gasteiger partial charge < -0.3 is 18.8 Å². The van der Waals surface area contributed by atoms with E-state index in [0.717, 1.165) is 22.0 Å². The zero-order valence-electron chi connectivity index (χ0n) is 25.7. The van der Waals surface area contributed by atoms with Crippen LogP contribution in [0.5, 0.6) is 11.5 Å². The van der Waals surface area contributed by atoms with Crippen molar-refractivity contribution in [3.05, 3.63) is 125 Å². The lowest BCUT2D eigenvalue weighted by molar-refractivity contribution is -0.139. The first-order valence-corrected chi connectivity index (χ1v) is 16.3. The lowest BCUT2D eigenvalue weighted by atomic mass is 9.95. The molecule has 0 bridgehead atoms. The van der Waals surface area contributed by atoms with Gasteiger partial charge in [-0.05, 0) is 68.3 Å². The number of thiazole rings is 1. The van der Waals surface area contributed by atoms with Crippen LogP contribution in [0.1, 0.15) is 43.5 Å². The number of nitrogens with zero attached hydrogens (tertiary/aromatic N) is 3. The van der Waals surface area contributed by atoms with Gasteiger partial charge in [0.15, 0.2) is 16.3 Å². The van der Waals surface area contributed by atoms with E-state index >= 15 is 0 Å². The Kier molecular flexibility index (Phi) is 9.08. The molecule has 236 valence electrons. The number of methoxy groups -OCH3 is 1. The Balaban J connectivity index is 1.51. The summed E-state index contributed by atoms with van der Waals surface area (Å²) < 4.78 is 21.0. The summed E-state index contributed by atoms with van der Waals surface area (Å²) in [5, 5.41) is 1.99. The Morgan fingerprint density at radius 3 is 2.57 bits per heavy atom. The largest absolute Gasteiger partial charge is 0.493 e. The van der Waals surface area contributed by atoms with Crippen LogP contribution in [0.4, 0.5) is 0 Å². The van der Waals surface area contributed by atoms with Crippen LogP contribution in [0.15, 0.2) is 87.9 Å². The molecule has 3 heterocycles. The number of rotatable bonds is 9. The molecule has 1 atom stereocenters. The van der Waals surface area contributed by atoms with Gasteiger partial charge in [-0.25, -0.2) is 9.79 Å². The second-order valence-corrected chi connectivity index (χ2v) is 12.4. The highest BCUT2D eigenvalue weighted by molar-refractivity contribution is 7.07. The van der Waals surface area contributed by atoms with Gasteiger partial charge in [0, 0.05) is 29.2 Å². The Morgan fingerprint density at radius 1 is 1.02 bits per heavy atom. The molecule has 6 rings (SSSR count). The molecule has 8 nitrogen and oxygen atoms in total. The monoisotopic (exact) mass is 675 g/mol. The van der Waals surface area contributed by atoms with Crippen molar-refractivity contribution < 1.29 is 19.0 Å². The average Bonchev–Trinajstić information content (AvgIpc) is 3.54. The van der Waals surface area contributed by atoms with E-state index in [1.54, 1.807) is 43.7 Å². The molecule has 11 heteroatoms. The van der Waals surface area contributed by atoms with E-state index in [2.05, 4.69) is 4.57 Å². The maximum atomic E-state index is 14.3. The molecule has 0 fully saturated rings. The highest BCUT2D eigenvalue weighted by Gasteiger charge is 2.34. The summed E-state index contributed by atoms with van der Waals surface area (Å²) in [6, 6.07) is 18.2. The van der Waals surface area contributed by atoms with Gasteiger partial charge in [0.25, 0.3) is 5.56 Å². The summed E-state index contributed by atoms with van der Waals surface area (Å²) in [7, 11) is 1.57. The highest BCUT2D eigenvalue weighted by atomic mass is 35.5. The van der Waals surface area contributed by atoms with E-state index in [0.29, 0.717) is 60.9 Å². The fraction of sp³-hybridized carbons (Fsp3) is 0.229. The third-order valence-electron chi connectivity index (χ3n) is 7.76. The lowest BCUT2D eigenvalue weighted by Crippen LogP contribution is -2.40. The summed E-state index contributed by atoms with van der Waals surface area (Å²) >= 11 is 13.7. The SMILES string of the molecule is CCOC(=O)C1=C(C)N=c2s/c(=C/c3cn(Cc4ccc(Cl)c(Cl)c4)c4ccccc34)c(=O)n2[C@H]1c1ccc(OC)c(OCC)c1. The van der Waals surface area contributed by atoms with Crippen molar-refractivity contribution in [3.8, 4) is 11.5 Å². The van der Waals surface area contributed by atoms with Gasteiger partial charge in [0.1, 0.15) is 0 Å². The fourth-order valence-corrected chi connectivity index (χ4v) is 7.09. The van der Waals surface area contributed by atoms with Crippen molar-refractivity contribution in [3.63, 3.8) is 0 Å². The zero-order chi connectivity index (χ0) is 32.5. The Bertz CT molecular complexity index is 2200.